The number of ketones is 1. The SMILES string of the molecule is COc1ccc([C@@]23CCC(=NCC(=O)CC(CC(=O)O)CC(C)C)C[C@@H]2N(C)CC3)cc1OC. The van der Waals surface area contributed by atoms with Crippen LogP contribution in [0.5, 0.6) is 11.5 Å². The highest BCUT2D eigenvalue weighted by atomic mass is 16.5. The zero-order valence-corrected chi connectivity index (χ0v) is 21.3. The molecule has 1 unspecified atom stereocenters. The van der Waals surface area contributed by atoms with Crippen molar-refractivity contribution < 1.29 is 24.2 Å². The quantitative estimate of drug-likeness (QED) is 0.515. The van der Waals surface area contributed by atoms with Crippen LogP contribution in [0.4, 0.5) is 0 Å². The van der Waals surface area contributed by atoms with Gasteiger partial charge in [-0.15, -0.1) is 0 Å². The summed E-state index contributed by atoms with van der Waals surface area (Å²) in [4.78, 5) is 30.9. The van der Waals surface area contributed by atoms with Crippen molar-refractivity contribution in [2.45, 2.75) is 70.3 Å². The number of likely N-dealkylation sites (tertiary alicyclic amines) is 1. The fourth-order valence-corrected chi connectivity index (χ4v) is 5.97. The minimum Gasteiger partial charge on any atom is -0.493 e. The van der Waals surface area contributed by atoms with E-state index in [2.05, 4.69) is 37.9 Å². The van der Waals surface area contributed by atoms with E-state index in [0.717, 1.165) is 55.9 Å². The van der Waals surface area contributed by atoms with Crippen molar-refractivity contribution in [2.24, 2.45) is 16.8 Å². The molecule has 7 nitrogen and oxygen atoms in total. The number of benzene rings is 1. The summed E-state index contributed by atoms with van der Waals surface area (Å²) in [5, 5.41) is 9.18. The number of carboxylic acids is 1. The first-order valence-corrected chi connectivity index (χ1v) is 12.4. The van der Waals surface area contributed by atoms with Gasteiger partial charge in [0.25, 0.3) is 0 Å². The van der Waals surface area contributed by atoms with Crippen molar-refractivity contribution in [1.82, 2.24) is 4.90 Å². The zero-order chi connectivity index (χ0) is 24.9. The number of aliphatic carboxylic acids is 1. The Bertz CT molecular complexity index is 912. The maximum Gasteiger partial charge on any atom is 0.303 e. The molecule has 188 valence electrons. The second-order valence-corrected chi connectivity index (χ2v) is 10.4. The molecule has 0 radical (unpaired) electrons. The molecule has 1 aliphatic heterocycles. The number of likely N-dealkylation sites (N-methyl/N-ethyl adjacent to an activating group) is 1. The topological polar surface area (TPSA) is 88.4 Å². The third-order valence-electron chi connectivity index (χ3n) is 7.59. The van der Waals surface area contributed by atoms with E-state index in [9.17, 15) is 14.7 Å². The van der Waals surface area contributed by atoms with E-state index in [1.807, 2.05) is 6.07 Å². The second kappa shape index (κ2) is 11.3. The van der Waals surface area contributed by atoms with E-state index >= 15 is 0 Å². The molecule has 1 aliphatic carbocycles. The highest BCUT2D eigenvalue weighted by molar-refractivity contribution is 5.90. The van der Waals surface area contributed by atoms with E-state index in [1.165, 1.54) is 5.56 Å². The smallest absolute Gasteiger partial charge is 0.303 e. The number of hydrogen-bond donors (Lipinski definition) is 1. The van der Waals surface area contributed by atoms with Crippen molar-refractivity contribution >= 4 is 17.5 Å². The summed E-state index contributed by atoms with van der Waals surface area (Å²) in [5.41, 5.74) is 2.42. The number of nitrogens with zero attached hydrogens (tertiary/aromatic N) is 2. The molecule has 0 spiro atoms. The van der Waals surface area contributed by atoms with Crippen LogP contribution in [0.3, 0.4) is 0 Å². The number of fused-ring (bicyclic) bond motifs is 1. The highest BCUT2D eigenvalue weighted by Gasteiger charge is 2.49. The van der Waals surface area contributed by atoms with E-state index in [0.29, 0.717) is 18.4 Å². The molecule has 1 aromatic carbocycles. The fraction of sp³-hybridized carbons (Fsp3) is 0.667. The maximum absolute atomic E-state index is 12.6. The van der Waals surface area contributed by atoms with Crippen LogP contribution < -0.4 is 9.47 Å². The Labute approximate surface area is 203 Å². The predicted molar refractivity (Wildman–Crippen MR) is 133 cm³/mol. The summed E-state index contributed by atoms with van der Waals surface area (Å²) in [6.07, 6.45) is 4.87. The molecule has 2 aliphatic rings. The molecular weight excluding hydrogens is 432 g/mol. The molecule has 1 saturated heterocycles. The lowest BCUT2D eigenvalue weighted by atomic mass is 9.65. The van der Waals surface area contributed by atoms with Crippen molar-refractivity contribution in [2.75, 3.05) is 34.4 Å². The highest BCUT2D eigenvalue weighted by Crippen LogP contribution is 2.49. The van der Waals surface area contributed by atoms with Gasteiger partial charge in [0, 0.05) is 36.4 Å². The van der Waals surface area contributed by atoms with Gasteiger partial charge < -0.3 is 19.5 Å². The third kappa shape index (κ3) is 5.98. The molecule has 0 bridgehead atoms. The van der Waals surface area contributed by atoms with Crippen molar-refractivity contribution in [1.29, 1.82) is 0 Å². The van der Waals surface area contributed by atoms with Gasteiger partial charge in [0.05, 0.1) is 20.8 Å². The van der Waals surface area contributed by atoms with Crippen LogP contribution in [0.1, 0.15) is 64.4 Å². The molecular formula is C27H40N2O5. The number of carbonyl (C=O) groups is 2. The van der Waals surface area contributed by atoms with Gasteiger partial charge in [-0.2, -0.15) is 0 Å². The molecule has 1 heterocycles. The van der Waals surface area contributed by atoms with Crippen LogP contribution in [0.15, 0.2) is 23.2 Å². The number of ether oxygens (including phenoxy) is 2. The Hall–Kier alpha value is -2.41. The average molecular weight is 473 g/mol. The number of methoxy groups -OCH3 is 2. The van der Waals surface area contributed by atoms with Crippen molar-refractivity contribution in [3.8, 4) is 11.5 Å². The Balaban J connectivity index is 1.70. The van der Waals surface area contributed by atoms with E-state index in [1.54, 1.807) is 14.2 Å². The standard InChI is InChI=1S/C27H40N2O5/c1-18(2)12-19(14-26(31)32)13-22(30)17-28-21-8-9-27(10-11-29(3)25(27)16-21)20-6-7-23(33-4)24(15-20)34-5/h6-7,15,18-19,25H,8-14,16-17H2,1-5H3,(H,31,32)/t19?,25-,27-/m0/s1. The largest absolute Gasteiger partial charge is 0.493 e. The number of hydrogen-bond acceptors (Lipinski definition) is 6. The lowest BCUT2D eigenvalue weighted by Crippen LogP contribution is -2.46. The fourth-order valence-electron chi connectivity index (χ4n) is 5.97. The number of carboxylic acid groups (broad SMARTS) is 1. The van der Waals surface area contributed by atoms with Crippen LogP contribution in [-0.4, -0.2) is 67.9 Å². The molecule has 34 heavy (non-hydrogen) atoms. The third-order valence-corrected chi connectivity index (χ3v) is 7.59. The van der Waals surface area contributed by atoms with Gasteiger partial charge >= 0.3 is 5.97 Å². The van der Waals surface area contributed by atoms with Gasteiger partial charge in [-0.1, -0.05) is 19.9 Å². The Morgan fingerprint density at radius 2 is 1.91 bits per heavy atom. The van der Waals surface area contributed by atoms with Crippen molar-refractivity contribution in [3.63, 3.8) is 0 Å². The maximum atomic E-state index is 12.6. The zero-order valence-electron chi connectivity index (χ0n) is 21.3. The summed E-state index contributed by atoms with van der Waals surface area (Å²) in [5.74, 6) is 0.939. The van der Waals surface area contributed by atoms with E-state index in [-0.39, 0.29) is 30.1 Å². The normalized spacial score (nSPS) is 24.8. The number of carbonyl (C=O) groups excluding carboxylic acids is 1. The van der Waals surface area contributed by atoms with Gasteiger partial charge in [0.15, 0.2) is 17.3 Å². The lowest BCUT2D eigenvalue weighted by Gasteiger charge is -2.42. The van der Waals surface area contributed by atoms with Gasteiger partial charge in [-0.3, -0.25) is 14.6 Å². The van der Waals surface area contributed by atoms with Crippen molar-refractivity contribution in [3.05, 3.63) is 23.8 Å². The monoisotopic (exact) mass is 472 g/mol. The summed E-state index contributed by atoms with van der Waals surface area (Å²) in [7, 11) is 5.49. The van der Waals surface area contributed by atoms with Gasteiger partial charge in [-0.05, 0) is 68.8 Å². The lowest BCUT2D eigenvalue weighted by molar-refractivity contribution is -0.138. The molecule has 0 aromatic heterocycles. The molecule has 3 atom stereocenters. The molecule has 0 amide bonds. The molecule has 3 rings (SSSR count). The first-order valence-electron chi connectivity index (χ1n) is 12.4. The van der Waals surface area contributed by atoms with Gasteiger partial charge in [0.2, 0.25) is 0 Å². The first-order chi connectivity index (χ1) is 16.2. The van der Waals surface area contributed by atoms with Crippen LogP contribution in [0.25, 0.3) is 0 Å². The number of aliphatic imine (C=N–C) groups is 1. The number of Topliss-reactive ketones (excluding diaryl/α,β-unsaturated/α-hetero) is 1. The molecule has 1 N–H and O–H groups in total. The molecule has 1 saturated carbocycles. The van der Waals surface area contributed by atoms with Crippen LogP contribution in [0, 0.1) is 11.8 Å². The van der Waals surface area contributed by atoms with E-state index < -0.39 is 5.97 Å². The summed E-state index contributed by atoms with van der Waals surface area (Å²) in [6.45, 7) is 5.30. The number of rotatable bonds is 11. The van der Waals surface area contributed by atoms with Gasteiger partial charge in [-0.25, -0.2) is 0 Å². The van der Waals surface area contributed by atoms with Crippen LogP contribution in [0.2, 0.25) is 0 Å². The molecule has 7 heteroatoms. The molecule has 1 aromatic rings. The average Bonchev–Trinajstić information content (AvgIpc) is 3.13. The van der Waals surface area contributed by atoms with E-state index in [4.69, 9.17) is 14.5 Å². The predicted octanol–water partition coefficient (Wildman–Crippen LogP) is 4.37. The summed E-state index contributed by atoms with van der Waals surface area (Å²) in [6, 6.07) is 6.60. The Morgan fingerprint density at radius 3 is 2.56 bits per heavy atom. The summed E-state index contributed by atoms with van der Waals surface area (Å²) < 4.78 is 11.0. The second-order valence-electron chi connectivity index (χ2n) is 10.4. The van der Waals surface area contributed by atoms with Gasteiger partial charge in [0.1, 0.15) is 0 Å². The Kier molecular flexibility index (Phi) is 8.74. The minimum absolute atomic E-state index is 0.0379. The Morgan fingerprint density at radius 1 is 1.18 bits per heavy atom. The molecule has 2 fully saturated rings. The van der Waals surface area contributed by atoms with Crippen LogP contribution in [-0.2, 0) is 15.0 Å². The van der Waals surface area contributed by atoms with Crippen LogP contribution >= 0.6 is 0 Å². The minimum atomic E-state index is -0.840. The first kappa shape index (κ1) is 26.2. The summed E-state index contributed by atoms with van der Waals surface area (Å²) >= 11 is 0.